The number of allylic oxidation sites excluding steroid dienone is 2. The van der Waals surface area contributed by atoms with Gasteiger partial charge in [0.25, 0.3) is 5.91 Å². The molecule has 0 spiro atoms. The number of hydrogen-bond donors (Lipinski definition) is 2. The number of nitrogens with one attached hydrogen (secondary N) is 2. The zero-order valence-corrected chi connectivity index (χ0v) is 15.4. The van der Waals surface area contributed by atoms with E-state index in [0.29, 0.717) is 16.5 Å². The van der Waals surface area contributed by atoms with Gasteiger partial charge in [-0.2, -0.15) is 0 Å². The van der Waals surface area contributed by atoms with Gasteiger partial charge in [-0.1, -0.05) is 23.8 Å². The number of morpholine rings is 1. The van der Waals surface area contributed by atoms with E-state index >= 15 is 0 Å². The first-order valence-corrected chi connectivity index (χ1v) is 9.06. The Balaban J connectivity index is 1.60. The predicted octanol–water partition coefficient (Wildman–Crippen LogP) is 3.12. The molecule has 1 aliphatic carbocycles. The summed E-state index contributed by atoms with van der Waals surface area (Å²) < 4.78 is 6.63. The summed E-state index contributed by atoms with van der Waals surface area (Å²) in [6, 6.07) is 5.26. The van der Waals surface area contributed by atoms with Gasteiger partial charge in [0.15, 0.2) is 0 Å². The molecule has 1 fully saturated rings. The second-order valence-corrected chi connectivity index (χ2v) is 7.21. The SMILES string of the molecule is O=C(NC1=CCC([C@H]2CNCCO2)C=C1)c1ccc(Cl)cc1I. The molecule has 122 valence electrons. The minimum atomic E-state index is -0.115. The largest absolute Gasteiger partial charge is 0.375 e. The number of carbonyl (C=O) groups is 1. The van der Waals surface area contributed by atoms with Crippen LogP contribution in [0.2, 0.25) is 5.02 Å². The molecule has 1 heterocycles. The van der Waals surface area contributed by atoms with E-state index in [1.807, 2.05) is 6.08 Å². The van der Waals surface area contributed by atoms with Gasteiger partial charge >= 0.3 is 0 Å². The van der Waals surface area contributed by atoms with E-state index in [9.17, 15) is 4.79 Å². The van der Waals surface area contributed by atoms with Crippen LogP contribution in [-0.2, 0) is 4.74 Å². The Bertz CT molecular complexity index is 654. The standard InChI is InChI=1S/C17H18ClIN2O2/c18-12-3-6-14(15(19)9-12)17(22)21-13-4-1-11(2-5-13)16-10-20-7-8-23-16/h1,3-6,9,11,16,20H,2,7-8,10H2,(H,21,22)/t11?,16-/m1/s1. The average Bonchev–Trinajstić information content (AvgIpc) is 2.56. The molecule has 2 atom stereocenters. The molecular formula is C17H18ClIN2O2. The van der Waals surface area contributed by atoms with Crippen LogP contribution >= 0.6 is 34.2 Å². The second-order valence-electron chi connectivity index (χ2n) is 5.61. The van der Waals surface area contributed by atoms with E-state index in [-0.39, 0.29) is 12.0 Å². The van der Waals surface area contributed by atoms with Crippen LogP contribution in [0.5, 0.6) is 0 Å². The van der Waals surface area contributed by atoms with Crippen molar-refractivity contribution in [3.63, 3.8) is 0 Å². The number of benzene rings is 1. The number of halogens is 2. The highest BCUT2D eigenvalue weighted by molar-refractivity contribution is 14.1. The van der Waals surface area contributed by atoms with Crippen LogP contribution in [0.15, 0.2) is 42.1 Å². The van der Waals surface area contributed by atoms with E-state index in [1.54, 1.807) is 18.2 Å². The van der Waals surface area contributed by atoms with Gasteiger partial charge in [-0.05, 0) is 53.3 Å². The number of rotatable bonds is 3. The highest BCUT2D eigenvalue weighted by Crippen LogP contribution is 2.22. The minimum Gasteiger partial charge on any atom is -0.375 e. The zero-order chi connectivity index (χ0) is 16.2. The summed E-state index contributed by atoms with van der Waals surface area (Å²) >= 11 is 8.05. The van der Waals surface area contributed by atoms with Gasteiger partial charge in [0.2, 0.25) is 0 Å². The molecule has 0 bridgehead atoms. The van der Waals surface area contributed by atoms with Gasteiger partial charge in [0.05, 0.1) is 18.3 Å². The molecule has 1 aromatic rings. The quantitative estimate of drug-likeness (QED) is 0.705. The average molecular weight is 445 g/mol. The Labute approximate surface area is 154 Å². The molecule has 1 amide bonds. The van der Waals surface area contributed by atoms with Gasteiger partial charge in [0.1, 0.15) is 0 Å². The maximum absolute atomic E-state index is 12.4. The number of ether oxygens (including phenoxy) is 1. The summed E-state index contributed by atoms with van der Waals surface area (Å²) in [5.74, 6) is 0.245. The fourth-order valence-corrected chi connectivity index (χ4v) is 3.85. The van der Waals surface area contributed by atoms with Crippen molar-refractivity contribution in [2.45, 2.75) is 12.5 Å². The Hall–Kier alpha value is -0.890. The van der Waals surface area contributed by atoms with E-state index in [0.717, 1.165) is 35.4 Å². The Morgan fingerprint density at radius 3 is 2.96 bits per heavy atom. The van der Waals surface area contributed by atoms with Crippen LogP contribution in [-0.4, -0.2) is 31.7 Å². The molecule has 2 N–H and O–H groups in total. The molecule has 4 nitrogen and oxygen atoms in total. The van der Waals surface area contributed by atoms with Crippen molar-refractivity contribution in [3.05, 3.63) is 56.3 Å². The molecule has 1 unspecified atom stereocenters. The topological polar surface area (TPSA) is 50.4 Å². The van der Waals surface area contributed by atoms with E-state index in [4.69, 9.17) is 16.3 Å². The second kappa shape index (κ2) is 7.79. The Morgan fingerprint density at radius 2 is 2.30 bits per heavy atom. The summed E-state index contributed by atoms with van der Waals surface area (Å²) in [6.07, 6.45) is 7.23. The third-order valence-electron chi connectivity index (χ3n) is 4.00. The molecule has 0 radical (unpaired) electrons. The maximum atomic E-state index is 12.4. The van der Waals surface area contributed by atoms with Gasteiger partial charge in [-0.25, -0.2) is 0 Å². The molecule has 1 aliphatic heterocycles. The van der Waals surface area contributed by atoms with E-state index < -0.39 is 0 Å². The highest BCUT2D eigenvalue weighted by atomic mass is 127. The molecule has 2 aliphatic rings. The summed E-state index contributed by atoms with van der Waals surface area (Å²) in [4.78, 5) is 12.4. The normalized spacial score (nSPS) is 24.2. The number of amides is 1. The predicted molar refractivity (Wildman–Crippen MR) is 99.6 cm³/mol. The van der Waals surface area contributed by atoms with Crippen LogP contribution in [0.25, 0.3) is 0 Å². The van der Waals surface area contributed by atoms with Crippen molar-refractivity contribution in [1.29, 1.82) is 0 Å². The summed E-state index contributed by atoms with van der Waals surface area (Å²) in [6.45, 7) is 2.56. The molecule has 6 heteroatoms. The van der Waals surface area contributed by atoms with Crippen LogP contribution in [0.3, 0.4) is 0 Å². The zero-order valence-electron chi connectivity index (χ0n) is 12.5. The summed E-state index contributed by atoms with van der Waals surface area (Å²) in [5, 5.41) is 6.93. The third-order valence-corrected chi connectivity index (χ3v) is 5.13. The van der Waals surface area contributed by atoms with Gasteiger partial charge in [-0.3, -0.25) is 4.79 Å². The van der Waals surface area contributed by atoms with Crippen molar-refractivity contribution in [2.75, 3.05) is 19.7 Å². The molecule has 3 rings (SSSR count). The lowest BCUT2D eigenvalue weighted by Crippen LogP contribution is -2.42. The molecular weight excluding hydrogens is 427 g/mol. The lowest BCUT2D eigenvalue weighted by atomic mass is 9.93. The number of hydrogen-bond acceptors (Lipinski definition) is 3. The van der Waals surface area contributed by atoms with Gasteiger partial charge in [-0.15, -0.1) is 0 Å². The lowest BCUT2D eigenvalue weighted by Gasteiger charge is -2.30. The Morgan fingerprint density at radius 1 is 1.43 bits per heavy atom. The van der Waals surface area contributed by atoms with Gasteiger partial charge < -0.3 is 15.4 Å². The van der Waals surface area contributed by atoms with Crippen molar-refractivity contribution in [1.82, 2.24) is 10.6 Å². The fourth-order valence-electron chi connectivity index (χ4n) is 2.74. The van der Waals surface area contributed by atoms with E-state index in [2.05, 4.69) is 45.4 Å². The van der Waals surface area contributed by atoms with Crippen LogP contribution in [0.1, 0.15) is 16.8 Å². The fraction of sp³-hybridized carbons (Fsp3) is 0.353. The monoisotopic (exact) mass is 444 g/mol. The molecule has 0 saturated carbocycles. The molecule has 1 aromatic carbocycles. The van der Waals surface area contributed by atoms with E-state index in [1.165, 1.54) is 0 Å². The van der Waals surface area contributed by atoms with Gasteiger partial charge in [0, 0.05) is 33.3 Å². The van der Waals surface area contributed by atoms with Crippen LogP contribution in [0.4, 0.5) is 0 Å². The Kier molecular flexibility index (Phi) is 5.74. The first-order chi connectivity index (χ1) is 11.1. The van der Waals surface area contributed by atoms with Crippen molar-refractivity contribution in [3.8, 4) is 0 Å². The molecule has 23 heavy (non-hydrogen) atoms. The number of carbonyl (C=O) groups excluding carboxylic acids is 1. The van der Waals surface area contributed by atoms with Crippen molar-refractivity contribution in [2.24, 2.45) is 5.92 Å². The third kappa shape index (κ3) is 4.35. The highest BCUT2D eigenvalue weighted by Gasteiger charge is 2.23. The lowest BCUT2D eigenvalue weighted by molar-refractivity contribution is 0.00351. The summed E-state index contributed by atoms with van der Waals surface area (Å²) in [5.41, 5.74) is 1.46. The smallest absolute Gasteiger partial charge is 0.256 e. The minimum absolute atomic E-state index is 0.115. The summed E-state index contributed by atoms with van der Waals surface area (Å²) in [7, 11) is 0. The first kappa shape index (κ1) is 17.0. The van der Waals surface area contributed by atoms with Crippen molar-refractivity contribution >= 4 is 40.1 Å². The van der Waals surface area contributed by atoms with Crippen LogP contribution in [0, 0.1) is 9.49 Å². The van der Waals surface area contributed by atoms with Crippen LogP contribution < -0.4 is 10.6 Å². The first-order valence-electron chi connectivity index (χ1n) is 7.60. The maximum Gasteiger partial charge on any atom is 0.256 e. The molecule has 0 aromatic heterocycles. The molecule has 1 saturated heterocycles. The van der Waals surface area contributed by atoms with Crippen molar-refractivity contribution < 1.29 is 9.53 Å².